The number of carbonyl (C=O) groups excluding carboxylic acids is 2. The predicted octanol–water partition coefficient (Wildman–Crippen LogP) is 5.60. The Morgan fingerprint density at radius 1 is 0.594 bits per heavy atom. The summed E-state index contributed by atoms with van der Waals surface area (Å²) >= 11 is 0. The summed E-state index contributed by atoms with van der Waals surface area (Å²) in [5.41, 5.74) is 4.01. The van der Waals surface area contributed by atoms with Crippen LogP contribution in [0, 0.1) is 0 Å². The van der Waals surface area contributed by atoms with Crippen LogP contribution in [0.15, 0.2) is 115 Å². The maximum Gasteiger partial charge on any atom is 0.316 e. The van der Waals surface area contributed by atoms with Crippen molar-refractivity contribution in [2.75, 3.05) is 15.5 Å². The third-order valence-corrected chi connectivity index (χ3v) is 4.90. The second-order valence-electron chi connectivity index (χ2n) is 7.23. The van der Waals surface area contributed by atoms with E-state index in [1.165, 1.54) is 4.90 Å². The number of nitrogens with zero attached hydrogens (tertiary/aromatic N) is 1. The van der Waals surface area contributed by atoms with Crippen LogP contribution in [0.4, 0.5) is 22.7 Å². The molecule has 0 unspecified atom stereocenters. The van der Waals surface area contributed by atoms with Crippen molar-refractivity contribution in [1.82, 2.24) is 0 Å². The van der Waals surface area contributed by atoms with Crippen molar-refractivity contribution < 1.29 is 9.59 Å². The molecule has 0 saturated carbocycles. The summed E-state index contributed by atoms with van der Waals surface area (Å²) in [6.07, 6.45) is 0. The van der Waals surface area contributed by atoms with Crippen LogP contribution in [0.3, 0.4) is 0 Å². The molecule has 2 N–H and O–H groups in total. The van der Waals surface area contributed by atoms with E-state index < -0.39 is 11.8 Å². The molecule has 0 saturated heterocycles. The fourth-order valence-electron chi connectivity index (χ4n) is 3.29. The number of hydrogen-bond donors (Lipinski definition) is 2. The molecule has 0 spiro atoms. The van der Waals surface area contributed by atoms with Gasteiger partial charge >= 0.3 is 11.8 Å². The van der Waals surface area contributed by atoms with Gasteiger partial charge in [0.2, 0.25) is 0 Å². The maximum absolute atomic E-state index is 13.1. The van der Waals surface area contributed by atoms with E-state index in [1.807, 2.05) is 103 Å². The van der Waals surface area contributed by atoms with Gasteiger partial charge in [-0.1, -0.05) is 66.7 Å². The molecule has 0 aliphatic carbocycles. The first kappa shape index (κ1) is 20.9. The van der Waals surface area contributed by atoms with Gasteiger partial charge in [-0.15, -0.1) is 0 Å². The van der Waals surface area contributed by atoms with Gasteiger partial charge in [0, 0.05) is 22.7 Å². The number of nitrogens with one attached hydrogen (secondary N) is 2. The lowest BCUT2D eigenvalue weighted by Gasteiger charge is -2.22. The Labute approximate surface area is 187 Å². The van der Waals surface area contributed by atoms with Crippen LogP contribution in [-0.4, -0.2) is 11.8 Å². The molecule has 0 heterocycles. The first-order valence-corrected chi connectivity index (χ1v) is 10.3. The first-order valence-electron chi connectivity index (χ1n) is 10.3. The van der Waals surface area contributed by atoms with Crippen molar-refractivity contribution in [3.05, 3.63) is 121 Å². The van der Waals surface area contributed by atoms with Crippen LogP contribution >= 0.6 is 0 Å². The quantitative estimate of drug-likeness (QED) is 0.398. The molecule has 0 aromatic heterocycles. The Morgan fingerprint density at radius 3 is 1.72 bits per heavy atom. The number of hydrogen-bond acceptors (Lipinski definition) is 3. The first-order chi connectivity index (χ1) is 15.7. The van der Waals surface area contributed by atoms with Gasteiger partial charge in [0.15, 0.2) is 0 Å². The van der Waals surface area contributed by atoms with Gasteiger partial charge in [0.05, 0.1) is 6.54 Å². The second kappa shape index (κ2) is 10.1. The molecule has 5 nitrogen and oxygen atoms in total. The van der Waals surface area contributed by atoms with Gasteiger partial charge < -0.3 is 10.6 Å². The summed E-state index contributed by atoms with van der Waals surface area (Å²) in [4.78, 5) is 27.3. The molecule has 32 heavy (non-hydrogen) atoms. The highest BCUT2D eigenvalue weighted by Crippen LogP contribution is 2.20. The fourth-order valence-corrected chi connectivity index (χ4v) is 3.29. The van der Waals surface area contributed by atoms with Gasteiger partial charge in [-0.2, -0.15) is 0 Å². The molecule has 158 valence electrons. The van der Waals surface area contributed by atoms with E-state index in [-0.39, 0.29) is 0 Å². The van der Waals surface area contributed by atoms with Crippen LogP contribution in [-0.2, 0) is 16.1 Å². The zero-order valence-electron chi connectivity index (χ0n) is 17.4. The standard InChI is InChI=1S/C27H23N3O2/c31-26(29-24-18-16-23(17-19-24)28-22-12-6-2-7-13-22)27(32)30(25-14-8-3-9-15-25)20-21-10-4-1-5-11-21/h1-19,28H,20H2,(H,29,31). The minimum atomic E-state index is -0.687. The number of benzene rings is 4. The number of rotatable bonds is 6. The van der Waals surface area contributed by atoms with Crippen LogP contribution in [0.2, 0.25) is 0 Å². The molecule has 0 aliphatic heterocycles. The zero-order valence-corrected chi connectivity index (χ0v) is 17.4. The van der Waals surface area contributed by atoms with E-state index >= 15 is 0 Å². The maximum atomic E-state index is 13.1. The normalized spacial score (nSPS) is 10.2. The van der Waals surface area contributed by atoms with E-state index in [4.69, 9.17) is 0 Å². The summed E-state index contributed by atoms with van der Waals surface area (Å²) in [5, 5.41) is 6.00. The Bertz CT molecular complexity index is 1160. The highest BCUT2D eigenvalue weighted by Gasteiger charge is 2.23. The molecule has 2 amide bonds. The summed E-state index contributed by atoms with van der Waals surface area (Å²) in [6, 6.07) is 35.8. The van der Waals surface area contributed by atoms with Gasteiger partial charge in [0.1, 0.15) is 0 Å². The summed E-state index contributed by atoms with van der Waals surface area (Å²) < 4.78 is 0. The Hall–Kier alpha value is -4.38. The SMILES string of the molecule is O=C(Nc1ccc(Nc2ccccc2)cc1)C(=O)N(Cc1ccccc1)c1ccccc1. The van der Waals surface area contributed by atoms with Crippen molar-refractivity contribution in [1.29, 1.82) is 0 Å². The molecule has 0 bridgehead atoms. The molecule has 4 aromatic rings. The zero-order chi connectivity index (χ0) is 22.2. The smallest absolute Gasteiger partial charge is 0.316 e. The Balaban J connectivity index is 1.46. The summed E-state index contributed by atoms with van der Waals surface area (Å²) in [6.45, 7) is 0.303. The molecule has 0 radical (unpaired) electrons. The molecule has 0 aliphatic rings. The van der Waals surface area contributed by atoms with Gasteiger partial charge in [0.25, 0.3) is 0 Å². The number of carbonyl (C=O) groups is 2. The van der Waals surface area contributed by atoms with Gasteiger partial charge in [-0.25, -0.2) is 0 Å². The monoisotopic (exact) mass is 421 g/mol. The number of anilines is 4. The lowest BCUT2D eigenvalue weighted by molar-refractivity contribution is -0.134. The summed E-state index contributed by atoms with van der Waals surface area (Å²) in [7, 11) is 0. The van der Waals surface area contributed by atoms with E-state index in [9.17, 15) is 9.59 Å². The largest absolute Gasteiger partial charge is 0.356 e. The predicted molar refractivity (Wildman–Crippen MR) is 129 cm³/mol. The topological polar surface area (TPSA) is 61.4 Å². The lowest BCUT2D eigenvalue weighted by atomic mass is 10.2. The van der Waals surface area contributed by atoms with Crippen molar-refractivity contribution in [2.45, 2.75) is 6.54 Å². The summed E-state index contributed by atoms with van der Waals surface area (Å²) in [5.74, 6) is -1.31. The molecule has 5 heteroatoms. The van der Waals surface area contributed by atoms with E-state index in [0.29, 0.717) is 17.9 Å². The van der Waals surface area contributed by atoms with Crippen LogP contribution in [0.1, 0.15) is 5.56 Å². The second-order valence-corrected chi connectivity index (χ2v) is 7.23. The average Bonchev–Trinajstić information content (AvgIpc) is 2.85. The molecular weight excluding hydrogens is 398 g/mol. The third-order valence-electron chi connectivity index (χ3n) is 4.90. The third kappa shape index (κ3) is 5.40. The van der Waals surface area contributed by atoms with Crippen LogP contribution in [0.5, 0.6) is 0 Å². The van der Waals surface area contributed by atoms with Crippen LogP contribution < -0.4 is 15.5 Å². The highest BCUT2D eigenvalue weighted by molar-refractivity contribution is 6.44. The number of amides is 2. The van der Waals surface area contributed by atoms with Crippen molar-refractivity contribution in [2.24, 2.45) is 0 Å². The Kier molecular flexibility index (Phi) is 6.58. The molecule has 4 aromatic carbocycles. The van der Waals surface area contributed by atoms with Crippen molar-refractivity contribution in [3.8, 4) is 0 Å². The van der Waals surface area contributed by atoms with E-state index in [2.05, 4.69) is 10.6 Å². The molecular formula is C27H23N3O2. The van der Waals surface area contributed by atoms with Gasteiger partial charge in [-0.05, 0) is 54.1 Å². The minimum Gasteiger partial charge on any atom is -0.356 e. The Morgan fingerprint density at radius 2 is 1.09 bits per heavy atom. The van der Waals surface area contributed by atoms with Crippen molar-refractivity contribution >= 4 is 34.6 Å². The van der Waals surface area contributed by atoms with E-state index in [0.717, 1.165) is 16.9 Å². The van der Waals surface area contributed by atoms with Crippen LogP contribution in [0.25, 0.3) is 0 Å². The number of para-hydroxylation sites is 2. The highest BCUT2D eigenvalue weighted by atomic mass is 16.2. The lowest BCUT2D eigenvalue weighted by Crippen LogP contribution is -2.39. The molecule has 0 atom stereocenters. The van der Waals surface area contributed by atoms with E-state index in [1.54, 1.807) is 12.1 Å². The molecule has 0 fully saturated rings. The van der Waals surface area contributed by atoms with Gasteiger partial charge in [-0.3, -0.25) is 14.5 Å². The minimum absolute atomic E-state index is 0.303. The molecule has 4 rings (SSSR count). The van der Waals surface area contributed by atoms with Crippen molar-refractivity contribution in [3.63, 3.8) is 0 Å². The fraction of sp³-hybridized carbons (Fsp3) is 0.0370. The average molecular weight is 422 g/mol.